The number of hydrogen-bond donors (Lipinski definition) is 0. The van der Waals surface area contributed by atoms with Crippen LogP contribution in [0.25, 0.3) is 5.57 Å². The van der Waals surface area contributed by atoms with Crippen LogP contribution in [0, 0.1) is 18.8 Å². The van der Waals surface area contributed by atoms with Crippen LogP contribution < -0.4 is 9.47 Å². The Bertz CT molecular complexity index is 1370. The second-order valence-electron chi connectivity index (χ2n) is 9.69. The molecule has 0 spiro atoms. The topological polar surface area (TPSA) is 51.2 Å². The molecule has 0 unspecified atom stereocenters. The Morgan fingerprint density at radius 1 is 0.950 bits per heavy atom. The number of hydrogen-bond acceptors (Lipinski definition) is 6. The molecule has 0 N–H and O–H groups in total. The molecule has 0 saturated carbocycles. The maximum Gasteiger partial charge on any atom is 0.343 e. The molecule has 1 saturated heterocycles. The fraction of sp³-hybridized carbons (Fsp3) is 0.303. The first-order valence-electron chi connectivity index (χ1n) is 13.3. The van der Waals surface area contributed by atoms with Crippen LogP contribution in [0.5, 0.6) is 11.5 Å². The molecular formula is C33H35ClN2O4. The molecule has 0 aromatic heterocycles. The number of nitrogens with zero attached hydrogens (tertiary/aromatic N) is 2. The van der Waals surface area contributed by atoms with Crippen molar-refractivity contribution in [3.05, 3.63) is 100 Å². The smallest absolute Gasteiger partial charge is 0.343 e. The highest BCUT2D eigenvalue weighted by atomic mass is 35.5. The summed E-state index contributed by atoms with van der Waals surface area (Å²) in [6.45, 7) is 7.25. The molecule has 3 aromatic carbocycles. The Hall–Kier alpha value is -3.76. The van der Waals surface area contributed by atoms with Crippen LogP contribution in [0.3, 0.4) is 0 Å². The van der Waals surface area contributed by atoms with Gasteiger partial charge in [-0.3, -0.25) is 4.90 Å². The summed E-state index contributed by atoms with van der Waals surface area (Å²) in [5.74, 6) is 7.53. The zero-order chi connectivity index (χ0) is 28.3. The lowest BCUT2D eigenvalue weighted by Gasteiger charge is -2.30. The average Bonchev–Trinajstić information content (AvgIpc) is 2.97. The highest BCUT2D eigenvalue weighted by molar-refractivity contribution is 6.30. The van der Waals surface area contributed by atoms with E-state index in [1.54, 1.807) is 6.07 Å². The first-order valence-corrected chi connectivity index (χ1v) is 13.7. The Kier molecular flexibility index (Phi) is 10.7. The summed E-state index contributed by atoms with van der Waals surface area (Å²) in [6.07, 6.45) is 2.06. The number of esters is 1. The van der Waals surface area contributed by atoms with E-state index >= 15 is 0 Å². The van der Waals surface area contributed by atoms with Crippen molar-refractivity contribution in [3.63, 3.8) is 0 Å². The first kappa shape index (κ1) is 29.2. The van der Waals surface area contributed by atoms with E-state index in [1.165, 1.54) is 7.11 Å². The van der Waals surface area contributed by atoms with Gasteiger partial charge in [0.25, 0.3) is 0 Å². The molecule has 7 heteroatoms. The molecule has 6 nitrogen and oxygen atoms in total. The van der Waals surface area contributed by atoms with Gasteiger partial charge < -0.3 is 19.1 Å². The zero-order valence-corrected chi connectivity index (χ0v) is 24.0. The number of ether oxygens (including phenoxy) is 3. The fourth-order valence-electron chi connectivity index (χ4n) is 4.31. The van der Waals surface area contributed by atoms with Gasteiger partial charge in [0.2, 0.25) is 0 Å². The maximum atomic E-state index is 11.4. The van der Waals surface area contributed by atoms with Gasteiger partial charge in [0.1, 0.15) is 18.1 Å². The molecule has 0 aliphatic carbocycles. The number of carbonyl (C=O) groups is 1. The Labute approximate surface area is 242 Å². The van der Waals surface area contributed by atoms with Crippen molar-refractivity contribution in [2.75, 3.05) is 60.1 Å². The molecule has 0 bridgehead atoms. The lowest BCUT2D eigenvalue weighted by atomic mass is 9.97. The van der Waals surface area contributed by atoms with Gasteiger partial charge in [-0.2, -0.15) is 0 Å². The summed E-state index contributed by atoms with van der Waals surface area (Å²) in [7, 11) is 3.49. The number of aryl methyl sites for hydroxylation is 1. The van der Waals surface area contributed by atoms with Crippen molar-refractivity contribution in [1.29, 1.82) is 0 Å². The Morgan fingerprint density at radius 2 is 1.62 bits per heavy atom. The molecule has 208 valence electrons. The molecule has 0 atom stereocenters. The summed E-state index contributed by atoms with van der Waals surface area (Å²) in [5, 5.41) is 0.690. The van der Waals surface area contributed by atoms with Gasteiger partial charge in [-0.05, 0) is 84.8 Å². The van der Waals surface area contributed by atoms with Crippen LogP contribution in [-0.2, 0) is 9.53 Å². The normalized spacial score (nSPS) is 14.2. The molecule has 0 radical (unpaired) electrons. The van der Waals surface area contributed by atoms with Gasteiger partial charge in [-0.25, -0.2) is 4.79 Å². The molecule has 4 rings (SSSR count). The van der Waals surface area contributed by atoms with Crippen LogP contribution in [0.1, 0.15) is 22.3 Å². The van der Waals surface area contributed by atoms with E-state index in [1.807, 2.05) is 43.3 Å². The predicted octanol–water partition coefficient (Wildman–Crippen LogP) is 5.31. The van der Waals surface area contributed by atoms with E-state index in [9.17, 15) is 4.79 Å². The fourth-order valence-corrected chi connectivity index (χ4v) is 4.44. The number of likely N-dealkylation sites (N-methyl/N-ethyl adjacent to an activating group) is 1. The Morgan fingerprint density at radius 3 is 2.27 bits per heavy atom. The van der Waals surface area contributed by atoms with E-state index in [4.69, 9.17) is 21.1 Å². The average molecular weight is 559 g/mol. The van der Waals surface area contributed by atoms with Crippen molar-refractivity contribution in [2.45, 2.75) is 6.92 Å². The maximum absolute atomic E-state index is 11.4. The molecule has 1 heterocycles. The highest BCUT2D eigenvalue weighted by Crippen LogP contribution is 2.27. The van der Waals surface area contributed by atoms with Crippen LogP contribution in [0.15, 0.2) is 72.8 Å². The predicted molar refractivity (Wildman–Crippen MR) is 160 cm³/mol. The molecule has 0 amide bonds. The highest BCUT2D eigenvalue weighted by Gasteiger charge is 2.12. The summed E-state index contributed by atoms with van der Waals surface area (Å²) < 4.78 is 16.2. The van der Waals surface area contributed by atoms with Crippen molar-refractivity contribution in [2.24, 2.45) is 0 Å². The molecule has 1 aliphatic rings. The van der Waals surface area contributed by atoms with Gasteiger partial charge in [-0.15, -0.1) is 0 Å². The van der Waals surface area contributed by atoms with Crippen molar-refractivity contribution in [3.8, 4) is 23.3 Å². The summed E-state index contributed by atoms with van der Waals surface area (Å²) >= 11 is 6.15. The minimum atomic E-state index is -0.426. The van der Waals surface area contributed by atoms with E-state index in [2.05, 4.69) is 63.8 Å². The third kappa shape index (κ3) is 8.62. The van der Waals surface area contributed by atoms with E-state index in [0.717, 1.165) is 60.6 Å². The van der Waals surface area contributed by atoms with Crippen molar-refractivity contribution < 1.29 is 19.0 Å². The number of methoxy groups -OCH3 is 1. The summed E-state index contributed by atoms with van der Waals surface area (Å²) in [6, 6.07) is 21.6. The minimum absolute atomic E-state index is 0.134. The lowest BCUT2D eigenvalue weighted by molar-refractivity contribution is -0.142. The van der Waals surface area contributed by atoms with Crippen molar-refractivity contribution >= 4 is 23.1 Å². The largest absolute Gasteiger partial charge is 0.489 e. The van der Waals surface area contributed by atoms with Gasteiger partial charge in [0.15, 0.2) is 6.61 Å². The molecular weight excluding hydrogens is 524 g/mol. The van der Waals surface area contributed by atoms with Gasteiger partial charge >= 0.3 is 5.97 Å². The molecule has 1 fully saturated rings. The van der Waals surface area contributed by atoms with Crippen LogP contribution in [-0.4, -0.2) is 75.9 Å². The van der Waals surface area contributed by atoms with Crippen LogP contribution in [0.2, 0.25) is 5.02 Å². The standard InChI is InChI=1S/C33H35ClN2O4/c1-25-23-30(14-15-32(25)40-24-33(37)38-3)39-22-16-31(28-10-12-29(34)13-11-28)27-8-6-26(7-9-27)5-4-17-36-20-18-35(2)19-21-36/h6-16,23H,17-22,24H2,1-3H3. The van der Waals surface area contributed by atoms with E-state index in [-0.39, 0.29) is 6.61 Å². The quantitative estimate of drug-likeness (QED) is 0.262. The third-order valence-electron chi connectivity index (χ3n) is 6.74. The minimum Gasteiger partial charge on any atom is -0.489 e. The molecule has 3 aromatic rings. The number of halogens is 1. The number of rotatable bonds is 9. The zero-order valence-electron chi connectivity index (χ0n) is 23.3. The first-order chi connectivity index (χ1) is 19.4. The van der Waals surface area contributed by atoms with Gasteiger partial charge in [0.05, 0.1) is 13.7 Å². The summed E-state index contributed by atoms with van der Waals surface area (Å²) in [4.78, 5) is 16.1. The lowest BCUT2D eigenvalue weighted by Crippen LogP contribution is -2.44. The van der Waals surface area contributed by atoms with Crippen LogP contribution in [0.4, 0.5) is 0 Å². The van der Waals surface area contributed by atoms with Gasteiger partial charge in [0, 0.05) is 36.8 Å². The van der Waals surface area contributed by atoms with E-state index in [0.29, 0.717) is 23.1 Å². The number of benzene rings is 3. The Balaban J connectivity index is 1.44. The second kappa shape index (κ2) is 14.6. The molecule has 40 heavy (non-hydrogen) atoms. The number of carbonyl (C=O) groups excluding carboxylic acids is 1. The SMILES string of the molecule is COC(=O)COc1ccc(OCC=C(c2ccc(Cl)cc2)c2ccc(C#CCN3CCN(C)CC3)cc2)cc1C. The summed E-state index contributed by atoms with van der Waals surface area (Å²) in [5.41, 5.74) is 5.02. The third-order valence-corrected chi connectivity index (χ3v) is 6.99. The second-order valence-corrected chi connectivity index (χ2v) is 10.1. The van der Waals surface area contributed by atoms with E-state index < -0.39 is 5.97 Å². The van der Waals surface area contributed by atoms with Crippen molar-refractivity contribution in [1.82, 2.24) is 9.80 Å². The monoisotopic (exact) mass is 558 g/mol. The van der Waals surface area contributed by atoms with Gasteiger partial charge in [-0.1, -0.05) is 47.7 Å². The van der Waals surface area contributed by atoms with Crippen LogP contribution >= 0.6 is 11.6 Å². The number of piperazine rings is 1. The molecule has 1 aliphatic heterocycles.